The minimum absolute atomic E-state index is 0.0855. The Morgan fingerprint density at radius 1 is 1.24 bits per heavy atom. The normalized spacial score (nSPS) is 11.7. The lowest BCUT2D eigenvalue weighted by Crippen LogP contribution is -2.40. The number of benzene rings is 1. The Balaban J connectivity index is 3.02. The van der Waals surface area contributed by atoms with E-state index in [1.165, 1.54) is 16.7 Å². The molecule has 1 aromatic rings. The number of aryl methyl sites for hydroxylation is 2. The van der Waals surface area contributed by atoms with Gasteiger partial charge in [-0.1, -0.05) is 15.9 Å². The molecule has 0 aromatic heterocycles. The fourth-order valence-corrected chi connectivity index (χ4v) is 2.83. The number of hydrogen-bond acceptors (Lipinski definition) is 2. The van der Waals surface area contributed by atoms with Crippen LogP contribution in [0, 0.1) is 13.8 Å². The third kappa shape index (κ3) is 5.34. The minimum atomic E-state index is -0.478. The van der Waals surface area contributed by atoms with E-state index in [-0.39, 0.29) is 12.1 Å². The van der Waals surface area contributed by atoms with Crippen molar-refractivity contribution in [2.75, 3.05) is 0 Å². The second-order valence-corrected chi connectivity index (χ2v) is 7.64. The molecule has 3 nitrogen and oxygen atoms in total. The van der Waals surface area contributed by atoms with Crippen molar-refractivity contribution >= 4 is 22.0 Å². The van der Waals surface area contributed by atoms with E-state index in [0.717, 1.165) is 4.47 Å². The average Bonchev–Trinajstić information content (AvgIpc) is 2.24. The van der Waals surface area contributed by atoms with Crippen LogP contribution in [-0.4, -0.2) is 22.6 Å². The van der Waals surface area contributed by atoms with E-state index in [9.17, 15) is 4.79 Å². The summed E-state index contributed by atoms with van der Waals surface area (Å²) in [5.74, 6) is 0. The first kappa shape index (κ1) is 18.0. The summed E-state index contributed by atoms with van der Waals surface area (Å²) in [6, 6.07) is 4.24. The van der Waals surface area contributed by atoms with Crippen molar-refractivity contribution in [2.45, 2.75) is 66.7 Å². The van der Waals surface area contributed by atoms with Crippen LogP contribution in [0.3, 0.4) is 0 Å². The van der Waals surface area contributed by atoms with Crippen LogP contribution in [0.5, 0.6) is 0 Å². The maximum atomic E-state index is 12.4. The van der Waals surface area contributed by atoms with Gasteiger partial charge >= 0.3 is 6.09 Å². The molecule has 0 fully saturated rings. The molecular weight excluding hydrogens is 330 g/mol. The molecule has 4 heteroatoms. The summed E-state index contributed by atoms with van der Waals surface area (Å²) in [4.78, 5) is 14.2. The van der Waals surface area contributed by atoms with Gasteiger partial charge in [0.05, 0.1) is 0 Å². The number of nitrogens with zero attached hydrogens (tertiary/aromatic N) is 1. The Labute approximate surface area is 136 Å². The Morgan fingerprint density at radius 3 is 2.10 bits per heavy atom. The second kappa shape index (κ2) is 6.82. The van der Waals surface area contributed by atoms with Crippen molar-refractivity contribution in [3.05, 3.63) is 33.3 Å². The lowest BCUT2D eigenvalue weighted by atomic mass is 10.0. The summed E-state index contributed by atoms with van der Waals surface area (Å²) in [6.45, 7) is 14.4. The fourth-order valence-electron chi connectivity index (χ4n) is 2.14. The lowest BCUT2D eigenvalue weighted by molar-refractivity contribution is 0.0171. The van der Waals surface area contributed by atoms with Crippen LogP contribution in [-0.2, 0) is 11.3 Å². The van der Waals surface area contributed by atoms with Crippen LogP contribution in [0.2, 0.25) is 0 Å². The predicted octanol–water partition coefficient (Wildman–Crippen LogP) is 5.21. The Kier molecular flexibility index (Phi) is 5.85. The van der Waals surface area contributed by atoms with Crippen molar-refractivity contribution < 1.29 is 9.53 Å². The molecule has 1 aromatic carbocycles. The largest absolute Gasteiger partial charge is 0.444 e. The van der Waals surface area contributed by atoms with Crippen LogP contribution in [0.1, 0.15) is 51.3 Å². The van der Waals surface area contributed by atoms with Gasteiger partial charge in [-0.25, -0.2) is 4.79 Å². The van der Waals surface area contributed by atoms with E-state index in [4.69, 9.17) is 4.74 Å². The van der Waals surface area contributed by atoms with Gasteiger partial charge in [0.2, 0.25) is 0 Å². The number of carbonyl (C=O) groups is 1. The first-order valence-electron chi connectivity index (χ1n) is 7.26. The van der Waals surface area contributed by atoms with Crippen LogP contribution in [0.4, 0.5) is 4.79 Å². The summed E-state index contributed by atoms with van der Waals surface area (Å²) in [5.41, 5.74) is 3.05. The van der Waals surface area contributed by atoms with Crippen molar-refractivity contribution in [2.24, 2.45) is 0 Å². The van der Waals surface area contributed by atoms with E-state index in [1.54, 1.807) is 4.90 Å². The summed E-state index contributed by atoms with van der Waals surface area (Å²) < 4.78 is 6.58. The fraction of sp³-hybridized carbons (Fsp3) is 0.588. The van der Waals surface area contributed by atoms with Crippen molar-refractivity contribution in [1.29, 1.82) is 0 Å². The molecule has 0 N–H and O–H groups in total. The molecule has 0 aliphatic heterocycles. The highest BCUT2D eigenvalue weighted by Gasteiger charge is 2.25. The first-order chi connectivity index (χ1) is 9.51. The standard InChI is InChI=1S/C17H26BrNO2/c1-11(2)19(16(20)21-17(5,6)7)10-15-12(3)8-14(18)9-13(15)4/h8-9,11H,10H2,1-7H3. The number of rotatable bonds is 3. The Hall–Kier alpha value is -1.03. The van der Waals surface area contributed by atoms with E-state index in [1.807, 2.05) is 34.6 Å². The van der Waals surface area contributed by atoms with E-state index < -0.39 is 5.60 Å². The van der Waals surface area contributed by atoms with Crippen molar-refractivity contribution in [1.82, 2.24) is 4.90 Å². The zero-order valence-electron chi connectivity index (χ0n) is 14.1. The van der Waals surface area contributed by atoms with Crippen molar-refractivity contribution in [3.63, 3.8) is 0 Å². The predicted molar refractivity (Wildman–Crippen MR) is 90.5 cm³/mol. The zero-order valence-corrected chi connectivity index (χ0v) is 15.7. The number of halogens is 1. The van der Waals surface area contributed by atoms with Gasteiger partial charge in [0, 0.05) is 17.1 Å². The Bertz CT molecular complexity index is 495. The van der Waals surface area contributed by atoms with Crippen LogP contribution in [0.25, 0.3) is 0 Å². The molecule has 0 unspecified atom stereocenters. The van der Waals surface area contributed by atoms with Gasteiger partial charge in [-0.2, -0.15) is 0 Å². The summed E-state index contributed by atoms with van der Waals surface area (Å²) in [5, 5.41) is 0. The summed E-state index contributed by atoms with van der Waals surface area (Å²) >= 11 is 3.51. The van der Waals surface area contributed by atoms with Gasteiger partial charge in [-0.05, 0) is 77.3 Å². The average molecular weight is 356 g/mol. The molecule has 1 rings (SSSR count). The van der Waals surface area contributed by atoms with Gasteiger partial charge in [0.25, 0.3) is 0 Å². The Morgan fingerprint density at radius 2 is 1.71 bits per heavy atom. The van der Waals surface area contributed by atoms with E-state index in [2.05, 4.69) is 41.9 Å². The monoisotopic (exact) mass is 355 g/mol. The molecule has 0 atom stereocenters. The topological polar surface area (TPSA) is 29.5 Å². The minimum Gasteiger partial charge on any atom is -0.444 e. The molecular formula is C17H26BrNO2. The quantitative estimate of drug-likeness (QED) is 0.744. The summed E-state index contributed by atoms with van der Waals surface area (Å²) in [6.07, 6.45) is -0.265. The zero-order chi connectivity index (χ0) is 16.4. The van der Waals surface area contributed by atoms with Gasteiger partial charge in [-0.3, -0.25) is 0 Å². The maximum absolute atomic E-state index is 12.4. The second-order valence-electron chi connectivity index (χ2n) is 6.72. The molecule has 1 amide bonds. The van der Waals surface area contributed by atoms with Gasteiger partial charge in [0.15, 0.2) is 0 Å². The molecule has 118 valence electrons. The number of amides is 1. The third-order valence-corrected chi connectivity index (χ3v) is 3.70. The molecule has 0 saturated carbocycles. The van der Waals surface area contributed by atoms with Gasteiger partial charge in [-0.15, -0.1) is 0 Å². The number of hydrogen-bond donors (Lipinski definition) is 0. The molecule has 0 aliphatic rings. The third-order valence-electron chi connectivity index (χ3n) is 3.24. The first-order valence-corrected chi connectivity index (χ1v) is 8.06. The number of ether oxygens (including phenoxy) is 1. The van der Waals surface area contributed by atoms with Gasteiger partial charge < -0.3 is 9.64 Å². The lowest BCUT2D eigenvalue weighted by Gasteiger charge is -2.31. The SMILES string of the molecule is Cc1cc(Br)cc(C)c1CN(C(=O)OC(C)(C)C)C(C)C. The van der Waals surface area contributed by atoms with Crippen LogP contribution < -0.4 is 0 Å². The molecule has 0 heterocycles. The summed E-state index contributed by atoms with van der Waals surface area (Å²) in [7, 11) is 0. The highest BCUT2D eigenvalue weighted by Crippen LogP contribution is 2.23. The van der Waals surface area contributed by atoms with Crippen LogP contribution in [0.15, 0.2) is 16.6 Å². The van der Waals surface area contributed by atoms with E-state index >= 15 is 0 Å². The molecule has 0 bridgehead atoms. The highest BCUT2D eigenvalue weighted by molar-refractivity contribution is 9.10. The molecule has 0 spiro atoms. The smallest absolute Gasteiger partial charge is 0.410 e. The van der Waals surface area contributed by atoms with Gasteiger partial charge in [0.1, 0.15) is 5.60 Å². The maximum Gasteiger partial charge on any atom is 0.410 e. The molecule has 21 heavy (non-hydrogen) atoms. The number of carbonyl (C=O) groups excluding carboxylic acids is 1. The molecule has 0 aliphatic carbocycles. The highest BCUT2D eigenvalue weighted by atomic mass is 79.9. The van der Waals surface area contributed by atoms with Crippen LogP contribution >= 0.6 is 15.9 Å². The van der Waals surface area contributed by atoms with Crippen molar-refractivity contribution in [3.8, 4) is 0 Å². The van der Waals surface area contributed by atoms with E-state index in [0.29, 0.717) is 6.54 Å². The molecule has 0 saturated heterocycles. The molecule has 0 radical (unpaired) electrons.